The molecular weight excluding hydrogens is 254 g/mol. The van der Waals surface area contributed by atoms with Gasteiger partial charge < -0.3 is 15.2 Å². The van der Waals surface area contributed by atoms with E-state index in [1.807, 2.05) is 13.8 Å². The highest BCUT2D eigenvalue weighted by molar-refractivity contribution is 7.16. The highest BCUT2D eigenvalue weighted by Gasteiger charge is 2.16. The number of rotatable bonds is 7. The van der Waals surface area contributed by atoms with Gasteiger partial charge in [0.2, 0.25) is 5.91 Å². The van der Waals surface area contributed by atoms with Gasteiger partial charge in [-0.15, -0.1) is 11.3 Å². The van der Waals surface area contributed by atoms with Crippen LogP contribution in [0.5, 0.6) is 0 Å². The first-order chi connectivity index (χ1) is 8.58. The average Bonchev–Trinajstić information content (AvgIpc) is 2.72. The predicted octanol–water partition coefficient (Wildman–Crippen LogP) is 2.37. The summed E-state index contributed by atoms with van der Waals surface area (Å²) in [6.07, 6.45) is 0.978. The fourth-order valence-corrected chi connectivity index (χ4v) is 2.37. The standard InChI is InChI=1S/C12H17NO4S/c1-3-8-7-9(12(15)16)11(18-8)13-10(14)5-6-17-4-2/h7H,3-6H2,1-2H3,(H,13,14)(H,15,16). The van der Waals surface area contributed by atoms with Gasteiger partial charge in [-0.3, -0.25) is 4.79 Å². The average molecular weight is 271 g/mol. The number of amides is 1. The first-order valence-electron chi connectivity index (χ1n) is 5.82. The Hall–Kier alpha value is -1.40. The van der Waals surface area contributed by atoms with Crippen molar-refractivity contribution in [1.29, 1.82) is 0 Å². The van der Waals surface area contributed by atoms with E-state index in [4.69, 9.17) is 9.84 Å². The molecule has 1 heterocycles. The third-order valence-corrected chi connectivity index (χ3v) is 3.49. The number of anilines is 1. The van der Waals surface area contributed by atoms with Crippen LogP contribution < -0.4 is 5.32 Å². The highest BCUT2D eigenvalue weighted by Crippen LogP contribution is 2.28. The van der Waals surface area contributed by atoms with Crippen molar-refractivity contribution in [3.05, 3.63) is 16.5 Å². The van der Waals surface area contributed by atoms with Crippen LogP contribution in [-0.2, 0) is 16.0 Å². The lowest BCUT2D eigenvalue weighted by Crippen LogP contribution is -2.15. The molecule has 0 aromatic carbocycles. The van der Waals surface area contributed by atoms with Crippen LogP contribution in [-0.4, -0.2) is 30.2 Å². The summed E-state index contributed by atoms with van der Waals surface area (Å²) in [7, 11) is 0. The normalized spacial score (nSPS) is 10.3. The minimum Gasteiger partial charge on any atom is -0.478 e. The molecular formula is C12H17NO4S. The van der Waals surface area contributed by atoms with E-state index in [0.717, 1.165) is 11.3 Å². The maximum absolute atomic E-state index is 11.6. The predicted molar refractivity (Wildman–Crippen MR) is 70.4 cm³/mol. The van der Waals surface area contributed by atoms with Crippen LogP contribution in [0.3, 0.4) is 0 Å². The summed E-state index contributed by atoms with van der Waals surface area (Å²) in [5.74, 6) is -1.25. The summed E-state index contributed by atoms with van der Waals surface area (Å²) in [4.78, 5) is 23.5. The number of hydrogen-bond acceptors (Lipinski definition) is 4. The van der Waals surface area contributed by atoms with Crippen molar-refractivity contribution in [3.63, 3.8) is 0 Å². The number of carbonyl (C=O) groups excluding carboxylic acids is 1. The molecule has 0 fully saturated rings. The van der Waals surface area contributed by atoms with Crippen molar-refractivity contribution in [3.8, 4) is 0 Å². The van der Waals surface area contributed by atoms with Gasteiger partial charge in [-0.05, 0) is 19.4 Å². The number of carboxylic acids is 1. The van der Waals surface area contributed by atoms with E-state index >= 15 is 0 Å². The van der Waals surface area contributed by atoms with Crippen LogP contribution in [0.1, 0.15) is 35.5 Å². The van der Waals surface area contributed by atoms with Crippen LogP contribution in [0.4, 0.5) is 5.00 Å². The molecule has 2 N–H and O–H groups in total. The minimum atomic E-state index is -1.02. The monoisotopic (exact) mass is 271 g/mol. The second kappa shape index (κ2) is 7.13. The molecule has 1 amide bonds. The molecule has 0 saturated heterocycles. The number of aryl methyl sites for hydroxylation is 1. The van der Waals surface area contributed by atoms with Gasteiger partial charge in [0.05, 0.1) is 18.6 Å². The Bertz CT molecular complexity index is 428. The number of thiophene rings is 1. The van der Waals surface area contributed by atoms with Crippen LogP contribution in [0.2, 0.25) is 0 Å². The molecule has 0 spiro atoms. The Balaban J connectivity index is 2.67. The van der Waals surface area contributed by atoms with Crippen molar-refractivity contribution < 1.29 is 19.4 Å². The molecule has 0 saturated carbocycles. The molecule has 1 aromatic heterocycles. The van der Waals surface area contributed by atoms with Gasteiger partial charge in [0.25, 0.3) is 0 Å². The third kappa shape index (κ3) is 4.12. The fourth-order valence-electron chi connectivity index (χ4n) is 1.37. The smallest absolute Gasteiger partial charge is 0.338 e. The molecule has 0 aliphatic carbocycles. The van der Waals surface area contributed by atoms with Gasteiger partial charge in [-0.1, -0.05) is 6.92 Å². The minimum absolute atomic E-state index is 0.154. The van der Waals surface area contributed by atoms with E-state index in [2.05, 4.69) is 5.32 Å². The largest absolute Gasteiger partial charge is 0.478 e. The van der Waals surface area contributed by atoms with E-state index in [1.165, 1.54) is 11.3 Å². The van der Waals surface area contributed by atoms with Gasteiger partial charge >= 0.3 is 5.97 Å². The third-order valence-electron chi connectivity index (χ3n) is 2.29. The number of carbonyl (C=O) groups is 2. The quantitative estimate of drug-likeness (QED) is 0.746. The summed E-state index contributed by atoms with van der Waals surface area (Å²) < 4.78 is 5.07. The number of aromatic carboxylic acids is 1. The molecule has 5 nitrogen and oxygen atoms in total. The number of carboxylic acid groups (broad SMARTS) is 1. The molecule has 0 atom stereocenters. The molecule has 100 valence electrons. The van der Waals surface area contributed by atoms with Gasteiger partial charge in [0.15, 0.2) is 0 Å². The molecule has 0 aliphatic rings. The molecule has 0 unspecified atom stereocenters. The lowest BCUT2D eigenvalue weighted by molar-refractivity contribution is -0.117. The van der Waals surface area contributed by atoms with Crippen LogP contribution >= 0.6 is 11.3 Å². The molecule has 1 rings (SSSR count). The number of hydrogen-bond donors (Lipinski definition) is 2. The molecule has 1 aromatic rings. The van der Waals surface area contributed by atoms with E-state index < -0.39 is 5.97 Å². The Labute approximate surface area is 110 Å². The first-order valence-corrected chi connectivity index (χ1v) is 6.63. The Kier molecular flexibility index (Phi) is 5.80. The van der Waals surface area contributed by atoms with E-state index in [1.54, 1.807) is 6.07 Å². The maximum Gasteiger partial charge on any atom is 0.338 e. The van der Waals surface area contributed by atoms with Crippen molar-refractivity contribution in [1.82, 2.24) is 0 Å². The van der Waals surface area contributed by atoms with E-state index in [-0.39, 0.29) is 17.9 Å². The lowest BCUT2D eigenvalue weighted by Gasteiger charge is -2.04. The topological polar surface area (TPSA) is 75.6 Å². The SMILES string of the molecule is CCOCCC(=O)Nc1sc(CC)cc1C(=O)O. The van der Waals surface area contributed by atoms with Gasteiger partial charge in [-0.2, -0.15) is 0 Å². The lowest BCUT2D eigenvalue weighted by atomic mass is 10.2. The zero-order valence-electron chi connectivity index (χ0n) is 10.5. The second-order valence-corrected chi connectivity index (χ2v) is 4.75. The van der Waals surface area contributed by atoms with Crippen LogP contribution in [0.15, 0.2) is 6.07 Å². The van der Waals surface area contributed by atoms with Gasteiger partial charge in [0, 0.05) is 11.5 Å². The molecule has 6 heteroatoms. The van der Waals surface area contributed by atoms with Crippen LogP contribution in [0, 0.1) is 0 Å². The molecule has 0 radical (unpaired) electrons. The fraction of sp³-hybridized carbons (Fsp3) is 0.500. The number of ether oxygens (including phenoxy) is 1. The molecule has 0 aliphatic heterocycles. The van der Waals surface area contributed by atoms with Gasteiger partial charge in [0.1, 0.15) is 5.00 Å². The maximum atomic E-state index is 11.6. The Morgan fingerprint density at radius 2 is 2.17 bits per heavy atom. The zero-order chi connectivity index (χ0) is 13.5. The van der Waals surface area contributed by atoms with Crippen molar-refractivity contribution in [2.24, 2.45) is 0 Å². The molecule has 18 heavy (non-hydrogen) atoms. The van der Waals surface area contributed by atoms with Crippen molar-refractivity contribution in [2.75, 3.05) is 18.5 Å². The highest BCUT2D eigenvalue weighted by atomic mass is 32.1. The number of nitrogens with one attached hydrogen (secondary N) is 1. The van der Waals surface area contributed by atoms with Gasteiger partial charge in [-0.25, -0.2) is 4.79 Å². The van der Waals surface area contributed by atoms with E-state index in [9.17, 15) is 9.59 Å². The molecule has 0 bridgehead atoms. The summed E-state index contributed by atoms with van der Waals surface area (Å²) in [5.41, 5.74) is 0.154. The Morgan fingerprint density at radius 3 is 2.72 bits per heavy atom. The summed E-state index contributed by atoms with van der Waals surface area (Å²) in [5, 5.41) is 12.1. The van der Waals surface area contributed by atoms with E-state index in [0.29, 0.717) is 18.2 Å². The zero-order valence-corrected chi connectivity index (χ0v) is 11.3. The van der Waals surface area contributed by atoms with Crippen molar-refractivity contribution in [2.45, 2.75) is 26.7 Å². The van der Waals surface area contributed by atoms with Crippen molar-refractivity contribution >= 4 is 28.2 Å². The van der Waals surface area contributed by atoms with Crippen LogP contribution in [0.25, 0.3) is 0 Å². The summed E-state index contributed by atoms with van der Waals surface area (Å²) in [6, 6.07) is 1.60. The Morgan fingerprint density at radius 1 is 1.44 bits per heavy atom. The summed E-state index contributed by atoms with van der Waals surface area (Å²) in [6.45, 7) is 4.70. The second-order valence-electron chi connectivity index (χ2n) is 3.61. The first kappa shape index (κ1) is 14.7. The summed E-state index contributed by atoms with van der Waals surface area (Å²) >= 11 is 1.30.